The molecule has 1 atom stereocenters. The molecule has 1 unspecified atom stereocenters. The molecule has 1 aromatic carbocycles. The summed E-state index contributed by atoms with van der Waals surface area (Å²) in [7, 11) is -3.07. The Labute approximate surface area is 141 Å². The van der Waals surface area contributed by atoms with Gasteiger partial charge in [-0.25, -0.2) is 8.42 Å². The van der Waals surface area contributed by atoms with E-state index in [-0.39, 0.29) is 30.0 Å². The lowest BCUT2D eigenvalue weighted by atomic mass is 10.1. The Morgan fingerprint density at radius 3 is 2.67 bits per heavy atom. The molecule has 1 saturated heterocycles. The standard InChI is InChI=1S/C14H13Br2NO3S/c1-2-6-17(11-5-7-21(19,20)9-11)14(18)12-4-3-10(15)8-13(12)16/h1,3-4,8,11H,5-7,9H2. The van der Waals surface area contributed by atoms with E-state index in [0.717, 1.165) is 4.47 Å². The molecular formula is C14H13Br2NO3S. The Bertz CT molecular complexity index is 709. The van der Waals surface area contributed by atoms with Crippen LogP contribution in [0.3, 0.4) is 0 Å². The Morgan fingerprint density at radius 2 is 2.14 bits per heavy atom. The van der Waals surface area contributed by atoms with Gasteiger partial charge in [0.2, 0.25) is 0 Å². The lowest BCUT2D eigenvalue weighted by molar-refractivity contribution is 0.0723. The van der Waals surface area contributed by atoms with Crippen molar-refractivity contribution in [1.29, 1.82) is 0 Å². The molecule has 0 aromatic heterocycles. The normalized spacial score (nSPS) is 20.0. The molecule has 1 aliphatic heterocycles. The van der Waals surface area contributed by atoms with Crippen LogP contribution in [-0.2, 0) is 9.84 Å². The summed E-state index contributed by atoms with van der Waals surface area (Å²) in [6.45, 7) is 0.0987. The summed E-state index contributed by atoms with van der Waals surface area (Å²) < 4.78 is 24.7. The molecule has 1 aliphatic rings. The minimum absolute atomic E-state index is 0.0193. The Balaban J connectivity index is 2.30. The van der Waals surface area contributed by atoms with Gasteiger partial charge in [-0.1, -0.05) is 21.9 Å². The summed E-state index contributed by atoms with van der Waals surface area (Å²) >= 11 is 6.68. The number of amides is 1. The summed E-state index contributed by atoms with van der Waals surface area (Å²) in [6.07, 6.45) is 5.76. The van der Waals surface area contributed by atoms with Crippen LogP contribution >= 0.6 is 31.9 Å². The van der Waals surface area contributed by atoms with Crippen molar-refractivity contribution in [2.24, 2.45) is 0 Å². The first-order valence-electron chi connectivity index (χ1n) is 6.24. The summed E-state index contributed by atoms with van der Waals surface area (Å²) in [6, 6.07) is 4.86. The zero-order valence-corrected chi connectivity index (χ0v) is 15.0. The second-order valence-corrected chi connectivity index (χ2v) is 8.82. The van der Waals surface area contributed by atoms with Gasteiger partial charge in [-0.2, -0.15) is 0 Å². The molecule has 0 saturated carbocycles. The number of rotatable bonds is 3. The molecule has 0 spiro atoms. The highest BCUT2D eigenvalue weighted by Gasteiger charge is 2.35. The molecule has 2 rings (SSSR count). The molecule has 1 amide bonds. The van der Waals surface area contributed by atoms with Gasteiger partial charge in [-0.3, -0.25) is 4.79 Å². The van der Waals surface area contributed by atoms with Crippen LogP contribution in [0.5, 0.6) is 0 Å². The van der Waals surface area contributed by atoms with Crippen molar-refractivity contribution in [2.75, 3.05) is 18.1 Å². The van der Waals surface area contributed by atoms with Crippen LogP contribution in [0, 0.1) is 12.3 Å². The van der Waals surface area contributed by atoms with Crippen molar-refractivity contribution >= 4 is 47.6 Å². The fraction of sp³-hybridized carbons (Fsp3) is 0.357. The van der Waals surface area contributed by atoms with Gasteiger partial charge in [-0.05, 0) is 40.5 Å². The number of nitrogens with zero attached hydrogens (tertiary/aromatic N) is 1. The quantitative estimate of drug-likeness (QED) is 0.686. The van der Waals surface area contributed by atoms with Crippen LogP contribution in [0.15, 0.2) is 27.1 Å². The van der Waals surface area contributed by atoms with E-state index >= 15 is 0 Å². The van der Waals surface area contributed by atoms with Crippen LogP contribution in [0.25, 0.3) is 0 Å². The summed E-state index contributed by atoms with van der Waals surface area (Å²) in [5.41, 5.74) is 0.470. The lowest BCUT2D eigenvalue weighted by Crippen LogP contribution is -2.41. The number of carbonyl (C=O) groups is 1. The van der Waals surface area contributed by atoms with Crippen molar-refractivity contribution in [3.8, 4) is 12.3 Å². The maximum Gasteiger partial charge on any atom is 0.256 e. The number of hydrogen-bond donors (Lipinski definition) is 0. The Kier molecular flexibility index (Phi) is 5.12. The molecule has 0 radical (unpaired) electrons. The van der Waals surface area contributed by atoms with Crippen LogP contribution in [-0.4, -0.2) is 43.3 Å². The number of hydrogen-bond acceptors (Lipinski definition) is 3. The van der Waals surface area contributed by atoms with E-state index in [1.807, 2.05) is 0 Å². The average molecular weight is 435 g/mol. The predicted molar refractivity (Wildman–Crippen MR) is 88.8 cm³/mol. The molecule has 1 fully saturated rings. The predicted octanol–water partition coefficient (Wildman–Crippen LogP) is 2.47. The van der Waals surface area contributed by atoms with E-state index < -0.39 is 9.84 Å². The van der Waals surface area contributed by atoms with Crippen LogP contribution in [0.2, 0.25) is 0 Å². The highest BCUT2D eigenvalue weighted by atomic mass is 79.9. The average Bonchev–Trinajstić information content (AvgIpc) is 2.75. The minimum atomic E-state index is -3.07. The van der Waals surface area contributed by atoms with Crippen LogP contribution in [0.1, 0.15) is 16.8 Å². The van der Waals surface area contributed by atoms with Gasteiger partial charge in [0.05, 0.1) is 23.6 Å². The van der Waals surface area contributed by atoms with E-state index in [1.165, 1.54) is 4.90 Å². The fourth-order valence-corrected chi connectivity index (χ4v) is 5.25. The molecule has 1 heterocycles. The topological polar surface area (TPSA) is 54.5 Å². The molecule has 21 heavy (non-hydrogen) atoms. The second-order valence-electron chi connectivity index (χ2n) is 4.82. The van der Waals surface area contributed by atoms with Crippen molar-refractivity contribution in [1.82, 2.24) is 4.90 Å². The monoisotopic (exact) mass is 433 g/mol. The van der Waals surface area contributed by atoms with Gasteiger partial charge in [-0.15, -0.1) is 6.42 Å². The van der Waals surface area contributed by atoms with E-state index in [1.54, 1.807) is 18.2 Å². The van der Waals surface area contributed by atoms with E-state index in [9.17, 15) is 13.2 Å². The fourth-order valence-electron chi connectivity index (χ4n) is 2.30. The van der Waals surface area contributed by atoms with Crippen molar-refractivity contribution in [2.45, 2.75) is 12.5 Å². The maximum absolute atomic E-state index is 12.7. The molecular weight excluding hydrogens is 422 g/mol. The molecule has 1 aromatic rings. The van der Waals surface area contributed by atoms with Crippen molar-refractivity contribution < 1.29 is 13.2 Å². The molecule has 0 N–H and O–H groups in total. The van der Waals surface area contributed by atoms with E-state index in [0.29, 0.717) is 16.5 Å². The van der Waals surface area contributed by atoms with Gasteiger partial charge < -0.3 is 4.90 Å². The van der Waals surface area contributed by atoms with Gasteiger partial charge >= 0.3 is 0 Å². The number of terminal acetylenes is 1. The zero-order valence-electron chi connectivity index (χ0n) is 11.1. The molecule has 7 heteroatoms. The second kappa shape index (κ2) is 6.51. The minimum Gasteiger partial charge on any atom is -0.323 e. The van der Waals surface area contributed by atoms with Gasteiger partial charge in [0, 0.05) is 15.0 Å². The third-order valence-corrected chi connectivity index (χ3v) is 6.23. The number of benzene rings is 1. The lowest BCUT2D eigenvalue weighted by Gasteiger charge is -2.26. The van der Waals surface area contributed by atoms with Gasteiger partial charge in [0.1, 0.15) is 0 Å². The number of halogens is 2. The highest BCUT2D eigenvalue weighted by molar-refractivity contribution is 9.11. The van der Waals surface area contributed by atoms with Crippen LogP contribution in [0.4, 0.5) is 0 Å². The highest BCUT2D eigenvalue weighted by Crippen LogP contribution is 2.26. The van der Waals surface area contributed by atoms with Gasteiger partial charge in [0.15, 0.2) is 9.84 Å². The third kappa shape index (κ3) is 3.87. The van der Waals surface area contributed by atoms with Crippen LogP contribution < -0.4 is 0 Å². The molecule has 4 nitrogen and oxygen atoms in total. The van der Waals surface area contributed by atoms with Crippen molar-refractivity contribution in [3.63, 3.8) is 0 Å². The largest absolute Gasteiger partial charge is 0.323 e. The zero-order chi connectivity index (χ0) is 15.6. The SMILES string of the molecule is C#CCN(C(=O)c1ccc(Br)cc1Br)C1CCS(=O)(=O)C1. The molecule has 0 aliphatic carbocycles. The van der Waals surface area contributed by atoms with E-state index in [4.69, 9.17) is 6.42 Å². The third-order valence-electron chi connectivity index (χ3n) is 3.33. The first kappa shape index (κ1) is 16.5. The van der Waals surface area contributed by atoms with Gasteiger partial charge in [0.25, 0.3) is 5.91 Å². The first-order valence-corrected chi connectivity index (χ1v) is 9.64. The molecule has 0 bridgehead atoms. The molecule has 112 valence electrons. The summed E-state index contributed by atoms with van der Waals surface area (Å²) in [5, 5.41) is 0. The summed E-state index contributed by atoms with van der Waals surface area (Å²) in [5.74, 6) is 2.27. The van der Waals surface area contributed by atoms with E-state index in [2.05, 4.69) is 37.8 Å². The first-order chi connectivity index (χ1) is 9.84. The van der Waals surface area contributed by atoms with Crippen molar-refractivity contribution in [3.05, 3.63) is 32.7 Å². The smallest absolute Gasteiger partial charge is 0.256 e. The number of carbonyl (C=O) groups excluding carboxylic acids is 1. The number of sulfone groups is 1. The summed E-state index contributed by atoms with van der Waals surface area (Å²) in [4.78, 5) is 14.1. The Hall–Kier alpha value is -0.840. The maximum atomic E-state index is 12.7. The Morgan fingerprint density at radius 1 is 1.43 bits per heavy atom.